The number of carbonyl (C=O) groups is 1. The molecule has 0 spiro atoms. The quantitative estimate of drug-likeness (QED) is 0.507. The number of hydrogen-bond acceptors (Lipinski definition) is 5. The van der Waals surface area contributed by atoms with E-state index in [0.29, 0.717) is 11.9 Å². The molecule has 1 aromatic carbocycles. The summed E-state index contributed by atoms with van der Waals surface area (Å²) < 4.78 is 1.48. The number of aryl methyl sites for hydroxylation is 1. The molecule has 0 saturated carbocycles. The maximum absolute atomic E-state index is 12.3. The molecule has 0 bridgehead atoms. The number of carbonyl (C=O) groups excluding carboxylic acids is 1. The number of nitrogens with one attached hydrogen (secondary N) is 1. The van der Waals surface area contributed by atoms with Crippen molar-refractivity contribution in [2.75, 3.05) is 11.1 Å². The molecule has 0 unspecified atom stereocenters. The predicted molar refractivity (Wildman–Crippen MR) is 104 cm³/mol. The molecule has 0 fully saturated rings. The van der Waals surface area contributed by atoms with E-state index >= 15 is 0 Å². The molecular formula is C18H17N3O2S2. The summed E-state index contributed by atoms with van der Waals surface area (Å²) in [5, 5.41) is 5.35. The third-order valence-corrected chi connectivity index (χ3v) is 5.44. The van der Waals surface area contributed by atoms with Gasteiger partial charge in [0.15, 0.2) is 0 Å². The summed E-state index contributed by atoms with van der Waals surface area (Å²) in [6.07, 6.45) is 3.53. The maximum atomic E-state index is 12.3. The number of thioether (sulfide) groups is 1. The number of para-hydroxylation sites is 1. The van der Waals surface area contributed by atoms with E-state index in [0.717, 1.165) is 21.2 Å². The molecule has 128 valence electrons. The fourth-order valence-electron chi connectivity index (χ4n) is 2.33. The Hall–Kier alpha value is -2.38. The second-order valence-corrected chi connectivity index (χ2v) is 7.23. The van der Waals surface area contributed by atoms with Crippen molar-refractivity contribution in [1.29, 1.82) is 0 Å². The zero-order chi connectivity index (χ0) is 17.6. The first-order chi connectivity index (χ1) is 12.2. The molecule has 25 heavy (non-hydrogen) atoms. The van der Waals surface area contributed by atoms with E-state index in [1.807, 2.05) is 35.7 Å². The Labute approximate surface area is 153 Å². The number of rotatable bonds is 7. The monoisotopic (exact) mass is 371 g/mol. The lowest BCUT2D eigenvalue weighted by Crippen LogP contribution is -2.23. The van der Waals surface area contributed by atoms with Gasteiger partial charge in [-0.15, -0.1) is 29.7 Å². The minimum Gasteiger partial charge on any atom is -0.325 e. The fraction of sp³-hybridized carbons (Fsp3) is 0.167. The molecule has 0 aliphatic heterocycles. The number of anilines is 1. The van der Waals surface area contributed by atoms with Gasteiger partial charge in [-0.2, -0.15) is 0 Å². The molecule has 0 aliphatic rings. The van der Waals surface area contributed by atoms with Gasteiger partial charge >= 0.3 is 0 Å². The van der Waals surface area contributed by atoms with Gasteiger partial charge in [0.2, 0.25) is 5.91 Å². The first-order valence-corrected chi connectivity index (χ1v) is 9.61. The summed E-state index contributed by atoms with van der Waals surface area (Å²) in [6, 6.07) is 9.41. The van der Waals surface area contributed by atoms with Crippen LogP contribution in [0.1, 0.15) is 6.42 Å². The van der Waals surface area contributed by atoms with Crippen molar-refractivity contribution in [2.45, 2.75) is 17.9 Å². The summed E-state index contributed by atoms with van der Waals surface area (Å²) in [5.74, 6) is 0.637. The van der Waals surface area contributed by atoms with Crippen molar-refractivity contribution >= 4 is 44.9 Å². The van der Waals surface area contributed by atoms with E-state index in [9.17, 15) is 9.59 Å². The highest BCUT2D eigenvalue weighted by Gasteiger charge is 2.09. The highest BCUT2D eigenvalue weighted by atomic mass is 32.2. The van der Waals surface area contributed by atoms with Gasteiger partial charge in [0, 0.05) is 23.6 Å². The number of thiophene rings is 1. The maximum Gasteiger partial charge on any atom is 0.262 e. The van der Waals surface area contributed by atoms with Gasteiger partial charge in [-0.3, -0.25) is 14.2 Å². The topological polar surface area (TPSA) is 64.0 Å². The first-order valence-electron chi connectivity index (χ1n) is 7.74. The van der Waals surface area contributed by atoms with E-state index in [2.05, 4.69) is 16.9 Å². The Morgan fingerprint density at radius 3 is 3.04 bits per heavy atom. The Morgan fingerprint density at radius 1 is 1.36 bits per heavy atom. The molecule has 0 radical (unpaired) electrons. The van der Waals surface area contributed by atoms with Crippen LogP contribution in [0.2, 0.25) is 0 Å². The Bertz CT molecular complexity index is 962. The van der Waals surface area contributed by atoms with E-state index in [4.69, 9.17) is 0 Å². The number of hydrogen-bond donors (Lipinski definition) is 1. The standard InChI is InChI=1S/C18H17N3O2S2/c1-2-10-24-15-6-4-3-5-14(15)20-16(22)7-9-21-12-19-17-13(18(21)23)8-11-25-17/h2-6,8,11-12H,1,7,9-10H2,(H,20,22). The van der Waals surface area contributed by atoms with Crippen LogP contribution in [0.5, 0.6) is 0 Å². The smallest absolute Gasteiger partial charge is 0.262 e. The minimum absolute atomic E-state index is 0.110. The van der Waals surface area contributed by atoms with Crippen molar-refractivity contribution in [3.8, 4) is 0 Å². The van der Waals surface area contributed by atoms with Crippen LogP contribution in [-0.2, 0) is 11.3 Å². The Balaban J connectivity index is 1.66. The molecule has 0 atom stereocenters. The van der Waals surface area contributed by atoms with E-state index in [-0.39, 0.29) is 17.9 Å². The average molecular weight is 371 g/mol. The molecule has 3 aromatic rings. The second kappa shape index (κ2) is 8.13. The minimum atomic E-state index is -0.135. The van der Waals surface area contributed by atoms with Crippen LogP contribution in [0.15, 0.2) is 64.4 Å². The number of fused-ring (bicyclic) bond motifs is 1. The number of benzene rings is 1. The SMILES string of the molecule is C=CCSc1ccccc1NC(=O)CCn1cnc2sccc2c1=O. The largest absolute Gasteiger partial charge is 0.325 e. The third kappa shape index (κ3) is 4.18. The van der Waals surface area contributed by atoms with Crippen molar-refractivity contribution in [3.63, 3.8) is 0 Å². The molecule has 1 amide bonds. The van der Waals surface area contributed by atoms with Crippen LogP contribution >= 0.6 is 23.1 Å². The zero-order valence-electron chi connectivity index (χ0n) is 13.5. The first kappa shape index (κ1) is 17.4. The van der Waals surface area contributed by atoms with Gasteiger partial charge in [0.05, 0.1) is 17.4 Å². The van der Waals surface area contributed by atoms with Crippen molar-refractivity contribution in [2.24, 2.45) is 0 Å². The van der Waals surface area contributed by atoms with Crippen LogP contribution in [-0.4, -0.2) is 21.2 Å². The highest BCUT2D eigenvalue weighted by molar-refractivity contribution is 7.99. The molecule has 3 rings (SSSR count). The normalized spacial score (nSPS) is 10.7. The van der Waals surface area contributed by atoms with E-state index in [1.165, 1.54) is 22.2 Å². The van der Waals surface area contributed by atoms with Gasteiger partial charge in [0.1, 0.15) is 4.83 Å². The number of nitrogens with zero attached hydrogens (tertiary/aromatic N) is 2. The third-order valence-electron chi connectivity index (χ3n) is 3.55. The molecule has 0 aliphatic carbocycles. The second-order valence-electron chi connectivity index (χ2n) is 5.28. The summed E-state index contributed by atoms with van der Waals surface area (Å²) in [6.45, 7) is 4.01. The zero-order valence-corrected chi connectivity index (χ0v) is 15.1. The number of aromatic nitrogens is 2. The molecule has 0 saturated heterocycles. The lowest BCUT2D eigenvalue weighted by molar-refractivity contribution is -0.116. The molecule has 2 heterocycles. The van der Waals surface area contributed by atoms with Crippen LogP contribution in [0.4, 0.5) is 5.69 Å². The molecule has 7 heteroatoms. The predicted octanol–water partition coefficient (Wildman–Crippen LogP) is 3.76. The van der Waals surface area contributed by atoms with Crippen LogP contribution in [0.3, 0.4) is 0 Å². The summed E-state index contributed by atoms with van der Waals surface area (Å²) in [4.78, 5) is 30.5. The molecule has 5 nitrogen and oxygen atoms in total. The van der Waals surface area contributed by atoms with Crippen molar-refractivity contribution < 1.29 is 4.79 Å². The molecular weight excluding hydrogens is 354 g/mol. The molecule has 2 aromatic heterocycles. The summed E-state index contributed by atoms with van der Waals surface area (Å²) >= 11 is 3.04. The summed E-state index contributed by atoms with van der Waals surface area (Å²) in [7, 11) is 0. The van der Waals surface area contributed by atoms with E-state index in [1.54, 1.807) is 17.8 Å². The molecule has 1 N–H and O–H groups in total. The lowest BCUT2D eigenvalue weighted by Gasteiger charge is -2.10. The van der Waals surface area contributed by atoms with Gasteiger partial charge in [-0.25, -0.2) is 4.98 Å². The van der Waals surface area contributed by atoms with Crippen LogP contribution in [0.25, 0.3) is 10.2 Å². The fourth-order valence-corrected chi connectivity index (χ4v) is 3.80. The number of amides is 1. The van der Waals surface area contributed by atoms with Gasteiger partial charge in [0.25, 0.3) is 5.56 Å². The van der Waals surface area contributed by atoms with Gasteiger partial charge < -0.3 is 5.32 Å². The van der Waals surface area contributed by atoms with Crippen LogP contribution in [0, 0.1) is 0 Å². The van der Waals surface area contributed by atoms with Gasteiger partial charge in [-0.05, 0) is 23.6 Å². The Morgan fingerprint density at radius 2 is 2.20 bits per heavy atom. The van der Waals surface area contributed by atoms with Gasteiger partial charge in [-0.1, -0.05) is 18.2 Å². The highest BCUT2D eigenvalue weighted by Crippen LogP contribution is 2.27. The van der Waals surface area contributed by atoms with Crippen molar-refractivity contribution in [1.82, 2.24) is 9.55 Å². The van der Waals surface area contributed by atoms with Crippen molar-refractivity contribution in [3.05, 3.63) is 65.0 Å². The van der Waals surface area contributed by atoms with E-state index < -0.39 is 0 Å². The Kier molecular flexibility index (Phi) is 5.67. The van der Waals surface area contributed by atoms with Crippen LogP contribution < -0.4 is 10.9 Å². The lowest BCUT2D eigenvalue weighted by atomic mass is 10.3. The summed E-state index contributed by atoms with van der Waals surface area (Å²) in [5.41, 5.74) is 0.666. The average Bonchev–Trinajstić information content (AvgIpc) is 3.10.